The van der Waals surface area contributed by atoms with Crippen molar-refractivity contribution in [3.63, 3.8) is 0 Å². The van der Waals surface area contributed by atoms with Gasteiger partial charge in [0, 0.05) is 21.2 Å². The van der Waals surface area contributed by atoms with Gasteiger partial charge in [-0.15, -0.1) is 11.3 Å². The van der Waals surface area contributed by atoms with Crippen molar-refractivity contribution in [1.82, 2.24) is 5.43 Å². The van der Waals surface area contributed by atoms with Crippen molar-refractivity contribution in [1.29, 1.82) is 0 Å². The summed E-state index contributed by atoms with van der Waals surface area (Å²) >= 11 is 13.4. The van der Waals surface area contributed by atoms with Gasteiger partial charge in [0.2, 0.25) is 0 Å². The Morgan fingerprint density at radius 2 is 1.78 bits per heavy atom. The van der Waals surface area contributed by atoms with E-state index in [1.807, 2.05) is 17.5 Å². The number of halogens is 2. The smallest absolute Gasteiger partial charge is 0.271 e. The van der Waals surface area contributed by atoms with E-state index in [4.69, 9.17) is 23.2 Å². The van der Waals surface area contributed by atoms with E-state index in [1.54, 1.807) is 42.6 Å². The lowest BCUT2D eigenvalue weighted by atomic mass is 10.1. The van der Waals surface area contributed by atoms with Crippen molar-refractivity contribution < 1.29 is 9.59 Å². The fourth-order valence-electron chi connectivity index (χ4n) is 2.16. The second kappa shape index (κ2) is 8.81. The average molecular weight is 418 g/mol. The van der Waals surface area contributed by atoms with Gasteiger partial charge in [0.25, 0.3) is 11.8 Å². The van der Waals surface area contributed by atoms with Gasteiger partial charge in [-0.25, -0.2) is 5.43 Å². The molecule has 0 bridgehead atoms. The van der Waals surface area contributed by atoms with Gasteiger partial charge in [0.1, 0.15) is 0 Å². The molecule has 2 N–H and O–H groups in total. The second-order valence-electron chi connectivity index (χ2n) is 5.37. The van der Waals surface area contributed by atoms with E-state index in [-0.39, 0.29) is 16.8 Å². The van der Waals surface area contributed by atoms with Crippen LogP contribution in [0.25, 0.3) is 0 Å². The Morgan fingerprint density at radius 3 is 2.44 bits per heavy atom. The molecule has 0 aliphatic rings. The zero-order chi connectivity index (χ0) is 19.2. The molecular weight excluding hydrogens is 405 g/mol. The number of rotatable bonds is 5. The van der Waals surface area contributed by atoms with Gasteiger partial charge >= 0.3 is 0 Å². The topological polar surface area (TPSA) is 70.6 Å². The van der Waals surface area contributed by atoms with E-state index in [2.05, 4.69) is 15.8 Å². The Bertz CT molecular complexity index is 987. The van der Waals surface area contributed by atoms with Crippen molar-refractivity contribution in [3.8, 4) is 0 Å². The zero-order valence-electron chi connectivity index (χ0n) is 13.8. The van der Waals surface area contributed by atoms with Crippen LogP contribution >= 0.6 is 34.5 Å². The van der Waals surface area contributed by atoms with Gasteiger partial charge in [-0.2, -0.15) is 5.10 Å². The number of hydrogen-bond acceptors (Lipinski definition) is 4. The van der Waals surface area contributed by atoms with Crippen molar-refractivity contribution in [2.24, 2.45) is 5.10 Å². The Balaban J connectivity index is 1.61. The molecule has 1 aromatic heterocycles. The molecule has 0 radical (unpaired) electrons. The quantitative estimate of drug-likeness (QED) is 0.449. The van der Waals surface area contributed by atoms with E-state index < -0.39 is 0 Å². The van der Waals surface area contributed by atoms with Crippen LogP contribution in [-0.2, 0) is 0 Å². The van der Waals surface area contributed by atoms with Crippen molar-refractivity contribution in [3.05, 3.63) is 86.0 Å². The second-order valence-corrected chi connectivity index (χ2v) is 7.19. The first-order valence-corrected chi connectivity index (χ1v) is 9.40. The molecule has 136 valence electrons. The van der Waals surface area contributed by atoms with Gasteiger partial charge in [0.15, 0.2) is 0 Å². The summed E-state index contributed by atoms with van der Waals surface area (Å²) < 4.78 is 0. The Kier molecular flexibility index (Phi) is 6.24. The lowest BCUT2D eigenvalue weighted by Crippen LogP contribution is -2.17. The highest BCUT2D eigenvalue weighted by Gasteiger charge is 2.11. The Labute approximate surface area is 169 Å². The minimum Gasteiger partial charge on any atom is -0.322 e. The summed E-state index contributed by atoms with van der Waals surface area (Å²) in [6, 6.07) is 14.9. The first-order valence-electron chi connectivity index (χ1n) is 7.76. The number of hydrazone groups is 1. The number of carbonyl (C=O) groups is 2. The van der Waals surface area contributed by atoms with E-state index >= 15 is 0 Å². The molecule has 3 aromatic rings. The van der Waals surface area contributed by atoms with Crippen LogP contribution in [-0.4, -0.2) is 18.0 Å². The third-order valence-electron chi connectivity index (χ3n) is 3.48. The summed E-state index contributed by atoms with van der Waals surface area (Å²) in [5.41, 5.74) is 3.72. The maximum Gasteiger partial charge on any atom is 0.271 e. The molecule has 0 saturated carbocycles. The lowest BCUT2D eigenvalue weighted by molar-refractivity contribution is 0.0954. The summed E-state index contributed by atoms with van der Waals surface area (Å²) in [5.74, 6) is -0.712. The van der Waals surface area contributed by atoms with Gasteiger partial charge in [0.05, 0.1) is 16.8 Å². The standard InChI is InChI=1S/C19H13Cl2N3O2S/c20-13-5-8-16(17(21)10-13)19(26)23-14-6-3-12(4-7-14)18(25)24-22-11-15-2-1-9-27-15/h1-11H,(H,23,26)(H,24,25)/b22-11-. The molecule has 3 rings (SSSR count). The molecule has 0 aliphatic heterocycles. The highest BCUT2D eigenvalue weighted by molar-refractivity contribution is 7.11. The number of thiophene rings is 1. The van der Waals surface area contributed by atoms with Crippen LogP contribution in [0.1, 0.15) is 25.6 Å². The minimum absolute atomic E-state index is 0.264. The maximum absolute atomic E-state index is 12.3. The van der Waals surface area contributed by atoms with Crippen LogP contribution in [0, 0.1) is 0 Å². The first-order chi connectivity index (χ1) is 13.0. The summed E-state index contributed by atoms with van der Waals surface area (Å²) in [4.78, 5) is 25.3. The van der Waals surface area contributed by atoms with Gasteiger partial charge in [-0.1, -0.05) is 29.3 Å². The van der Waals surface area contributed by atoms with E-state index in [9.17, 15) is 9.59 Å². The van der Waals surface area contributed by atoms with Crippen LogP contribution < -0.4 is 10.7 Å². The predicted molar refractivity (Wildman–Crippen MR) is 110 cm³/mol. The number of carbonyl (C=O) groups excluding carboxylic acids is 2. The molecule has 2 aromatic carbocycles. The fraction of sp³-hybridized carbons (Fsp3) is 0. The van der Waals surface area contributed by atoms with Crippen molar-refractivity contribution >= 4 is 58.3 Å². The van der Waals surface area contributed by atoms with Crippen molar-refractivity contribution in [2.75, 3.05) is 5.32 Å². The normalized spacial score (nSPS) is 10.7. The third-order valence-corrected chi connectivity index (χ3v) is 4.84. The lowest BCUT2D eigenvalue weighted by Gasteiger charge is -2.08. The van der Waals surface area contributed by atoms with Gasteiger partial charge in [-0.05, 0) is 53.9 Å². The summed E-state index contributed by atoms with van der Waals surface area (Å²) in [7, 11) is 0. The molecule has 0 saturated heterocycles. The molecule has 0 unspecified atom stereocenters. The van der Waals surface area contributed by atoms with E-state index in [1.165, 1.54) is 17.4 Å². The molecule has 1 heterocycles. The number of nitrogens with one attached hydrogen (secondary N) is 2. The number of hydrogen-bond donors (Lipinski definition) is 2. The number of anilines is 1. The molecule has 5 nitrogen and oxygen atoms in total. The maximum atomic E-state index is 12.3. The summed E-state index contributed by atoms with van der Waals surface area (Å²) in [6.07, 6.45) is 1.58. The van der Waals surface area contributed by atoms with Crippen LogP contribution in [0.2, 0.25) is 10.0 Å². The summed E-state index contributed by atoms with van der Waals surface area (Å²) in [5, 5.41) is 9.27. The van der Waals surface area contributed by atoms with Gasteiger partial charge < -0.3 is 5.32 Å². The predicted octanol–water partition coefficient (Wildman–Crippen LogP) is 5.07. The molecule has 0 fully saturated rings. The molecule has 27 heavy (non-hydrogen) atoms. The van der Waals surface area contributed by atoms with Crippen LogP contribution in [0.5, 0.6) is 0 Å². The molecule has 0 spiro atoms. The SMILES string of the molecule is O=C(N/N=C\c1cccs1)c1ccc(NC(=O)c2ccc(Cl)cc2Cl)cc1. The average Bonchev–Trinajstić information content (AvgIpc) is 3.15. The minimum atomic E-state index is -0.366. The van der Waals surface area contributed by atoms with Crippen LogP contribution in [0.15, 0.2) is 65.1 Å². The largest absolute Gasteiger partial charge is 0.322 e. The van der Waals surface area contributed by atoms with E-state index in [0.717, 1.165) is 4.88 Å². The number of nitrogens with zero attached hydrogens (tertiary/aromatic N) is 1. The van der Waals surface area contributed by atoms with Crippen LogP contribution in [0.3, 0.4) is 0 Å². The first kappa shape index (κ1) is 19.1. The molecule has 0 aliphatic carbocycles. The fourth-order valence-corrected chi connectivity index (χ4v) is 3.24. The Hall–Kier alpha value is -2.67. The molecule has 8 heteroatoms. The third kappa shape index (κ3) is 5.17. The van der Waals surface area contributed by atoms with Crippen LogP contribution in [0.4, 0.5) is 5.69 Å². The molecule has 0 atom stereocenters. The molecular formula is C19H13Cl2N3O2S. The molecule has 2 amide bonds. The van der Waals surface area contributed by atoms with Gasteiger partial charge in [-0.3, -0.25) is 9.59 Å². The number of benzene rings is 2. The summed E-state index contributed by atoms with van der Waals surface area (Å²) in [6.45, 7) is 0. The van der Waals surface area contributed by atoms with E-state index in [0.29, 0.717) is 21.8 Å². The number of amides is 2. The van der Waals surface area contributed by atoms with Crippen molar-refractivity contribution in [2.45, 2.75) is 0 Å². The highest BCUT2D eigenvalue weighted by Crippen LogP contribution is 2.22. The monoisotopic (exact) mass is 417 g/mol. The Morgan fingerprint density at radius 1 is 1.00 bits per heavy atom. The zero-order valence-corrected chi connectivity index (χ0v) is 16.1. The highest BCUT2D eigenvalue weighted by atomic mass is 35.5.